The minimum atomic E-state index is -0.687. The largest absolute Gasteiger partial charge is 0.481 e. The van der Waals surface area contributed by atoms with E-state index < -0.39 is 5.97 Å². The summed E-state index contributed by atoms with van der Waals surface area (Å²) in [5.74, 6) is -0.687. The summed E-state index contributed by atoms with van der Waals surface area (Å²) in [7, 11) is 2.07. The first-order valence-electron chi connectivity index (χ1n) is 4.57. The van der Waals surface area contributed by atoms with Crippen molar-refractivity contribution < 1.29 is 9.90 Å². The molecule has 0 aromatic heterocycles. The zero-order valence-electron chi connectivity index (χ0n) is 8.05. The van der Waals surface area contributed by atoms with Crippen molar-refractivity contribution in [1.29, 1.82) is 0 Å². The van der Waals surface area contributed by atoms with Gasteiger partial charge in [-0.25, -0.2) is 0 Å². The molecule has 0 aliphatic heterocycles. The van der Waals surface area contributed by atoms with Crippen molar-refractivity contribution in [2.75, 3.05) is 20.1 Å². The first-order valence-corrected chi connectivity index (χ1v) is 4.57. The molecule has 0 atom stereocenters. The highest BCUT2D eigenvalue weighted by molar-refractivity contribution is 5.66. The van der Waals surface area contributed by atoms with Crippen LogP contribution < -0.4 is 0 Å². The molecular formula is C9H19NO2. The zero-order chi connectivity index (χ0) is 9.40. The van der Waals surface area contributed by atoms with Gasteiger partial charge in [0.1, 0.15) is 0 Å². The lowest BCUT2D eigenvalue weighted by Crippen LogP contribution is -2.20. The first-order chi connectivity index (χ1) is 5.66. The van der Waals surface area contributed by atoms with Crippen LogP contribution in [0.3, 0.4) is 0 Å². The normalized spacial score (nSPS) is 10.6. The molecule has 0 heterocycles. The van der Waals surface area contributed by atoms with Gasteiger partial charge in [-0.1, -0.05) is 6.92 Å². The van der Waals surface area contributed by atoms with E-state index in [0.29, 0.717) is 6.42 Å². The maximum Gasteiger partial charge on any atom is 0.303 e. The Bertz CT molecular complexity index is 126. The summed E-state index contributed by atoms with van der Waals surface area (Å²) in [6.07, 6.45) is 3.25. The van der Waals surface area contributed by atoms with Crippen LogP contribution in [0.4, 0.5) is 0 Å². The molecule has 0 aliphatic carbocycles. The second-order valence-corrected chi connectivity index (χ2v) is 3.15. The lowest BCUT2D eigenvalue weighted by atomic mass is 10.2. The second kappa shape index (κ2) is 7.10. The van der Waals surface area contributed by atoms with Crippen LogP contribution in [0.15, 0.2) is 0 Å². The summed E-state index contributed by atoms with van der Waals surface area (Å²) in [5, 5.41) is 8.37. The molecular weight excluding hydrogens is 154 g/mol. The van der Waals surface area contributed by atoms with Crippen LogP contribution in [-0.4, -0.2) is 36.1 Å². The van der Waals surface area contributed by atoms with E-state index in [1.165, 1.54) is 0 Å². The quantitative estimate of drug-likeness (QED) is 0.594. The van der Waals surface area contributed by atoms with E-state index >= 15 is 0 Å². The molecule has 0 bridgehead atoms. The standard InChI is InChI=1S/C9H19NO2/c1-3-7-10(2)8-5-4-6-9(11)12/h3-8H2,1-2H3,(H,11,12). The monoisotopic (exact) mass is 173 g/mol. The van der Waals surface area contributed by atoms with Crippen LogP contribution in [0.1, 0.15) is 32.6 Å². The van der Waals surface area contributed by atoms with Crippen LogP contribution in [0.2, 0.25) is 0 Å². The van der Waals surface area contributed by atoms with E-state index in [9.17, 15) is 4.79 Å². The molecule has 0 saturated heterocycles. The Balaban J connectivity index is 3.13. The Hall–Kier alpha value is -0.570. The van der Waals surface area contributed by atoms with Gasteiger partial charge < -0.3 is 10.0 Å². The summed E-state index contributed by atoms with van der Waals surface area (Å²) >= 11 is 0. The van der Waals surface area contributed by atoms with Gasteiger partial charge in [-0.2, -0.15) is 0 Å². The van der Waals surface area contributed by atoms with Crippen LogP contribution in [-0.2, 0) is 4.79 Å². The molecule has 0 saturated carbocycles. The molecule has 12 heavy (non-hydrogen) atoms. The van der Waals surface area contributed by atoms with Crippen molar-refractivity contribution in [3.05, 3.63) is 0 Å². The van der Waals surface area contributed by atoms with Gasteiger partial charge in [0.15, 0.2) is 0 Å². The van der Waals surface area contributed by atoms with Crippen LogP contribution in [0.25, 0.3) is 0 Å². The molecule has 0 rings (SSSR count). The minimum Gasteiger partial charge on any atom is -0.481 e. The molecule has 0 unspecified atom stereocenters. The highest BCUT2D eigenvalue weighted by atomic mass is 16.4. The van der Waals surface area contributed by atoms with Gasteiger partial charge in [0.25, 0.3) is 0 Å². The SMILES string of the molecule is CCCN(C)CCCCC(=O)O. The summed E-state index contributed by atoms with van der Waals surface area (Å²) in [6, 6.07) is 0. The van der Waals surface area contributed by atoms with E-state index in [2.05, 4.69) is 18.9 Å². The zero-order valence-corrected chi connectivity index (χ0v) is 8.05. The highest BCUT2D eigenvalue weighted by Crippen LogP contribution is 1.97. The Labute approximate surface area is 74.4 Å². The van der Waals surface area contributed by atoms with Gasteiger partial charge in [-0.15, -0.1) is 0 Å². The third-order valence-corrected chi connectivity index (χ3v) is 1.79. The Morgan fingerprint density at radius 2 is 2.00 bits per heavy atom. The number of nitrogens with zero attached hydrogens (tertiary/aromatic N) is 1. The third-order valence-electron chi connectivity index (χ3n) is 1.79. The van der Waals surface area contributed by atoms with Crippen molar-refractivity contribution in [3.63, 3.8) is 0 Å². The second-order valence-electron chi connectivity index (χ2n) is 3.15. The molecule has 72 valence electrons. The fourth-order valence-corrected chi connectivity index (χ4v) is 1.15. The van der Waals surface area contributed by atoms with E-state index in [1.807, 2.05) is 0 Å². The number of aliphatic carboxylic acids is 1. The van der Waals surface area contributed by atoms with Gasteiger partial charge in [-0.05, 0) is 39.4 Å². The average molecular weight is 173 g/mol. The Kier molecular flexibility index (Phi) is 6.76. The molecule has 0 spiro atoms. The molecule has 1 N–H and O–H groups in total. The van der Waals surface area contributed by atoms with Crippen LogP contribution in [0.5, 0.6) is 0 Å². The molecule has 0 aromatic rings. The Morgan fingerprint density at radius 3 is 2.50 bits per heavy atom. The topological polar surface area (TPSA) is 40.5 Å². The summed E-state index contributed by atoms with van der Waals surface area (Å²) < 4.78 is 0. The fourth-order valence-electron chi connectivity index (χ4n) is 1.15. The van der Waals surface area contributed by atoms with Crippen LogP contribution >= 0.6 is 0 Å². The number of hydrogen-bond acceptors (Lipinski definition) is 2. The predicted molar refractivity (Wildman–Crippen MR) is 49.3 cm³/mol. The maximum absolute atomic E-state index is 10.2. The van der Waals surface area contributed by atoms with E-state index in [-0.39, 0.29) is 0 Å². The molecule has 0 aromatic carbocycles. The van der Waals surface area contributed by atoms with Gasteiger partial charge in [0.2, 0.25) is 0 Å². The van der Waals surface area contributed by atoms with Crippen molar-refractivity contribution in [1.82, 2.24) is 4.90 Å². The number of hydrogen-bond donors (Lipinski definition) is 1. The molecule has 3 nitrogen and oxygen atoms in total. The number of unbranched alkanes of at least 4 members (excludes halogenated alkanes) is 1. The first kappa shape index (κ1) is 11.4. The van der Waals surface area contributed by atoms with E-state index in [4.69, 9.17) is 5.11 Å². The van der Waals surface area contributed by atoms with Crippen molar-refractivity contribution in [3.8, 4) is 0 Å². The lowest BCUT2D eigenvalue weighted by Gasteiger charge is -2.14. The van der Waals surface area contributed by atoms with Crippen molar-refractivity contribution in [2.24, 2.45) is 0 Å². The Morgan fingerprint density at radius 1 is 1.33 bits per heavy atom. The summed E-state index contributed by atoms with van der Waals surface area (Å²) in [6.45, 7) is 4.27. The molecule has 0 radical (unpaired) electrons. The number of carboxylic acid groups (broad SMARTS) is 1. The molecule has 0 amide bonds. The van der Waals surface area contributed by atoms with Gasteiger partial charge in [0.05, 0.1) is 0 Å². The fraction of sp³-hybridized carbons (Fsp3) is 0.889. The third kappa shape index (κ3) is 7.54. The molecule has 0 aliphatic rings. The predicted octanol–water partition coefficient (Wildman–Crippen LogP) is 1.58. The van der Waals surface area contributed by atoms with Gasteiger partial charge in [0, 0.05) is 6.42 Å². The maximum atomic E-state index is 10.2. The molecule has 3 heteroatoms. The minimum absolute atomic E-state index is 0.306. The highest BCUT2D eigenvalue weighted by Gasteiger charge is 1.98. The van der Waals surface area contributed by atoms with Crippen molar-refractivity contribution >= 4 is 5.97 Å². The van der Waals surface area contributed by atoms with E-state index in [1.54, 1.807) is 0 Å². The lowest BCUT2D eigenvalue weighted by molar-refractivity contribution is -0.137. The van der Waals surface area contributed by atoms with E-state index in [0.717, 1.165) is 32.4 Å². The number of rotatable bonds is 7. The van der Waals surface area contributed by atoms with Crippen LogP contribution in [0, 0.1) is 0 Å². The smallest absolute Gasteiger partial charge is 0.303 e. The average Bonchev–Trinajstić information content (AvgIpc) is 1.98. The summed E-state index contributed by atoms with van der Waals surface area (Å²) in [4.78, 5) is 12.4. The van der Waals surface area contributed by atoms with Crippen molar-refractivity contribution in [2.45, 2.75) is 32.6 Å². The van der Waals surface area contributed by atoms with Gasteiger partial charge in [-0.3, -0.25) is 4.79 Å². The molecule has 0 fully saturated rings. The van der Waals surface area contributed by atoms with Gasteiger partial charge >= 0.3 is 5.97 Å². The summed E-state index contributed by atoms with van der Waals surface area (Å²) in [5.41, 5.74) is 0. The number of carbonyl (C=O) groups is 1. The number of carboxylic acids is 1.